The molecule has 106 valence electrons. The Morgan fingerprint density at radius 3 is 1.95 bits per heavy atom. The Kier molecular flexibility index (Phi) is 4.64. The van der Waals surface area contributed by atoms with E-state index in [1.165, 1.54) is 23.1 Å². The molecule has 0 amide bonds. The van der Waals surface area contributed by atoms with Gasteiger partial charge in [0.05, 0.1) is 0 Å². The molecule has 0 aromatic heterocycles. The van der Waals surface area contributed by atoms with Gasteiger partial charge in [-0.15, -0.1) is 0 Å². The molecule has 0 saturated carbocycles. The first-order chi connectivity index (χ1) is 8.88. The van der Waals surface area contributed by atoms with Crippen LogP contribution in [0.4, 0.5) is 13.2 Å². The molecule has 1 fully saturated rings. The van der Waals surface area contributed by atoms with Gasteiger partial charge in [0.15, 0.2) is 0 Å². The third-order valence-corrected chi connectivity index (χ3v) is 3.70. The van der Waals surface area contributed by atoms with Crippen molar-refractivity contribution in [3.63, 3.8) is 0 Å². The van der Waals surface area contributed by atoms with Gasteiger partial charge in [-0.25, -0.2) is 0 Å². The molecular formula is C13H14Cl2F3N. The van der Waals surface area contributed by atoms with Crippen molar-refractivity contribution in [1.82, 2.24) is 4.90 Å². The molecule has 0 N–H and O–H groups in total. The molecule has 1 aliphatic rings. The summed E-state index contributed by atoms with van der Waals surface area (Å²) in [5.41, 5.74) is 0.118. The monoisotopic (exact) mass is 311 g/mol. The summed E-state index contributed by atoms with van der Waals surface area (Å²) in [7, 11) is 0. The highest BCUT2D eigenvalue weighted by Gasteiger charge is 2.45. The lowest BCUT2D eigenvalue weighted by atomic mass is 10.0. The predicted octanol–water partition coefficient (Wildman–Crippen LogP) is 5.08. The van der Waals surface area contributed by atoms with Gasteiger partial charge >= 0.3 is 6.18 Å². The van der Waals surface area contributed by atoms with Crippen LogP contribution in [0.2, 0.25) is 10.0 Å². The molecule has 1 aromatic rings. The third kappa shape index (κ3) is 3.77. The van der Waals surface area contributed by atoms with Crippen molar-refractivity contribution in [3.8, 4) is 0 Å². The zero-order valence-corrected chi connectivity index (χ0v) is 11.7. The van der Waals surface area contributed by atoms with E-state index in [4.69, 9.17) is 23.2 Å². The molecule has 0 spiro atoms. The lowest BCUT2D eigenvalue weighted by Gasteiger charge is -2.36. The van der Waals surface area contributed by atoms with Crippen molar-refractivity contribution in [1.29, 1.82) is 0 Å². The van der Waals surface area contributed by atoms with Crippen LogP contribution >= 0.6 is 23.2 Å². The van der Waals surface area contributed by atoms with Crippen molar-refractivity contribution in [2.24, 2.45) is 0 Å². The maximum Gasteiger partial charge on any atom is 0.408 e. The first-order valence-electron chi connectivity index (χ1n) is 6.14. The average molecular weight is 312 g/mol. The molecule has 19 heavy (non-hydrogen) atoms. The molecule has 1 atom stereocenters. The SMILES string of the molecule is FC(F)(F)C(c1cc(Cl)cc(Cl)c1)N1CCCCC1. The summed E-state index contributed by atoms with van der Waals surface area (Å²) in [6.45, 7) is 0.905. The van der Waals surface area contributed by atoms with Crippen LogP contribution in [0.5, 0.6) is 0 Å². The van der Waals surface area contributed by atoms with Crippen molar-refractivity contribution in [3.05, 3.63) is 33.8 Å². The van der Waals surface area contributed by atoms with Gasteiger partial charge in [0.1, 0.15) is 6.04 Å². The Bertz CT molecular complexity index is 422. The van der Waals surface area contributed by atoms with E-state index in [1.807, 2.05) is 0 Å². The fraction of sp³-hybridized carbons (Fsp3) is 0.538. The molecule has 2 rings (SSSR count). The number of rotatable bonds is 2. The number of nitrogens with zero attached hydrogens (tertiary/aromatic N) is 1. The Hall–Kier alpha value is -0.450. The summed E-state index contributed by atoms with van der Waals surface area (Å²) >= 11 is 11.6. The number of hydrogen-bond donors (Lipinski definition) is 0. The van der Waals surface area contributed by atoms with E-state index in [2.05, 4.69) is 0 Å². The Labute approximate surface area is 120 Å². The van der Waals surface area contributed by atoms with E-state index in [0.29, 0.717) is 13.1 Å². The molecule has 0 aliphatic carbocycles. The van der Waals surface area contributed by atoms with Crippen molar-refractivity contribution in [2.75, 3.05) is 13.1 Å². The van der Waals surface area contributed by atoms with Crippen LogP contribution in [-0.2, 0) is 0 Å². The van der Waals surface area contributed by atoms with Crippen LogP contribution in [0.1, 0.15) is 30.9 Å². The van der Waals surface area contributed by atoms with Gasteiger partial charge in [-0.3, -0.25) is 4.90 Å². The van der Waals surface area contributed by atoms with Gasteiger partial charge in [-0.05, 0) is 49.7 Å². The lowest BCUT2D eigenvalue weighted by Crippen LogP contribution is -2.41. The second kappa shape index (κ2) is 5.90. The first kappa shape index (κ1) is 14.9. The second-order valence-corrected chi connectivity index (χ2v) is 5.62. The van der Waals surface area contributed by atoms with Crippen LogP contribution in [-0.4, -0.2) is 24.2 Å². The van der Waals surface area contributed by atoms with E-state index in [-0.39, 0.29) is 15.6 Å². The van der Waals surface area contributed by atoms with E-state index in [0.717, 1.165) is 19.3 Å². The van der Waals surface area contributed by atoms with E-state index in [1.54, 1.807) is 0 Å². The van der Waals surface area contributed by atoms with Crippen molar-refractivity contribution < 1.29 is 13.2 Å². The highest BCUT2D eigenvalue weighted by molar-refractivity contribution is 6.34. The number of likely N-dealkylation sites (tertiary alicyclic amines) is 1. The minimum absolute atomic E-state index is 0.118. The van der Waals surface area contributed by atoms with Gasteiger partial charge in [-0.1, -0.05) is 29.6 Å². The number of hydrogen-bond acceptors (Lipinski definition) is 1. The van der Waals surface area contributed by atoms with Gasteiger partial charge in [-0.2, -0.15) is 13.2 Å². The number of piperidine rings is 1. The third-order valence-electron chi connectivity index (χ3n) is 3.27. The minimum Gasteiger partial charge on any atom is -0.289 e. The predicted molar refractivity (Wildman–Crippen MR) is 70.7 cm³/mol. The Morgan fingerprint density at radius 1 is 0.947 bits per heavy atom. The first-order valence-corrected chi connectivity index (χ1v) is 6.90. The Morgan fingerprint density at radius 2 is 1.47 bits per heavy atom. The topological polar surface area (TPSA) is 3.24 Å². The number of benzene rings is 1. The summed E-state index contributed by atoms with van der Waals surface area (Å²) in [6.07, 6.45) is -1.76. The fourth-order valence-electron chi connectivity index (χ4n) is 2.52. The summed E-state index contributed by atoms with van der Waals surface area (Å²) in [6, 6.07) is 2.51. The van der Waals surface area contributed by atoms with Crippen LogP contribution in [0.15, 0.2) is 18.2 Å². The molecule has 1 aromatic carbocycles. The maximum atomic E-state index is 13.3. The highest BCUT2D eigenvalue weighted by atomic mass is 35.5. The molecule has 1 nitrogen and oxygen atoms in total. The molecule has 1 heterocycles. The minimum atomic E-state index is -4.33. The summed E-state index contributed by atoms with van der Waals surface area (Å²) in [4.78, 5) is 1.46. The quantitative estimate of drug-likeness (QED) is 0.736. The van der Waals surface area contributed by atoms with Crippen molar-refractivity contribution >= 4 is 23.2 Å². The summed E-state index contributed by atoms with van der Waals surface area (Å²) in [5.74, 6) is 0. The largest absolute Gasteiger partial charge is 0.408 e. The van der Waals surface area contributed by atoms with Crippen LogP contribution < -0.4 is 0 Å². The smallest absolute Gasteiger partial charge is 0.289 e. The zero-order chi connectivity index (χ0) is 14.0. The maximum absolute atomic E-state index is 13.3. The molecular weight excluding hydrogens is 298 g/mol. The molecule has 1 aliphatic heterocycles. The zero-order valence-electron chi connectivity index (χ0n) is 10.2. The highest BCUT2D eigenvalue weighted by Crippen LogP contribution is 2.40. The second-order valence-electron chi connectivity index (χ2n) is 4.74. The van der Waals surface area contributed by atoms with Crippen LogP contribution in [0, 0.1) is 0 Å². The number of alkyl halides is 3. The van der Waals surface area contributed by atoms with Gasteiger partial charge in [0.2, 0.25) is 0 Å². The average Bonchev–Trinajstić information content (AvgIpc) is 2.27. The van der Waals surface area contributed by atoms with Crippen LogP contribution in [0.25, 0.3) is 0 Å². The van der Waals surface area contributed by atoms with Crippen LogP contribution in [0.3, 0.4) is 0 Å². The van der Waals surface area contributed by atoms with Gasteiger partial charge < -0.3 is 0 Å². The summed E-state index contributed by atoms with van der Waals surface area (Å²) in [5, 5.41) is 0.461. The Balaban J connectivity index is 2.36. The fourth-order valence-corrected chi connectivity index (χ4v) is 3.06. The molecule has 1 saturated heterocycles. The molecule has 0 bridgehead atoms. The number of halogens is 5. The standard InChI is InChI=1S/C13H14Cl2F3N/c14-10-6-9(7-11(15)8-10)12(13(16,17)18)19-4-2-1-3-5-19/h6-8,12H,1-5H2. The van der Waals surface area contributed by atoms with E-state index in [9.17, 15) is 13.2 Å². The van der Waals surface area contributed by atoms with E-state index >= 15 is 0 Å². The summed E-state index contributed by atoms with van der Waals surface area (Å²) < 4.78 is 40.0. The van der Waals surface area contributed by atoms with E-state index < -0.39 is 12.2 Å². The molecule has 1 unspecified atom stereocenters. The van der Waals surface area contributed by atoms with Gasteiger partial charge in [0, 0.05) is 10.0 Å². The lowest BCUT2D eigenvalue weighted by molar-refractivity contribution is -0.188. The normalized spacial score (nSPS) is 19.4. The molecule has 0 radical (unpaired) electrons. The van der Waals surface area contributed by atoms with Crippen molar-refractivity contribution in [2.45, 2.75) is 31.5 Å². The molecule has 6 heteroatoms. The van der Waals surface area contributed by atoms with Gasteiger partial charge in [0.25, 0.3) is 0 Å².